The summed E-state index contributed by atoms with van der Waals surface area (Å²) in [5, 5.41) is -0.678. The van der Waals surface area contributed by atoms with E-state index in [9.17, 15) is 9.59 Å². The SMILES string of the molecule is COC(=O)[C@@H](C[C@@](Cc1ccccc1)(C(=O)OC)[Si](C)(C)C)[Si](C)(C)C. The fraction of sp³-hybridized carbons (Fsp3) is 0.600. The van der Waals surface area contributed by atoms with E-state index in [0.717, 1.165) is 5.56 Å². The number of ether oxygens (including phenoxy) is 2. The number of carbonyl (C=O) groups is 2. The fourth-order valence-electron chi connectivity index (χ4n) is 3.48. The predicted molar refractivity (Wildman–Crippen MR) is 112 cm³/mol. The fourth-order valence-corrected chi connectivity index (χ4v) is 7.73. The Labute approximate surface area is 160 Å². The second kappa shape index (κ2) is 8.52. The van der Waals surface area contributed by atoms with E-state index in [-0.39, 0.29) is 17.5 Å². The van der Waals surface area contributed by atoms with Crippen LogP contribution in [0.25, 0.3) is 0 Å². The summed E-state index contributed by atoms with van der Waals surface area (Å²) >= 11 is 0. The molecule has 0 saturated carbocycles. The van der Waals surface area contributed by atoms with Gasteiger partial charge >= 0.3 is 11.9 Å². The summed E-state index contributed by atoms with van der Waals surface area (Å²) in [5.74, 6) is -0.406. The van der Waals surface area contributed by atoms with E-state index in [1.165, 1.54) is 14.2 Å². The molecule has 0 bridgehead atoms. The normalized spacial score (nSPS) is 15.7. The highest BCUT2D eigenvalue weighted by Gasteiger charge is 2.54. The van der Waals surface area contributed by atoms with Crippen molar-refractivity contribution in [2.75, 3.05) is 14.2 Å². The van der Waals surface area contributed by atoms with Gasteiger partial charge in [-0.2, -0.15) is 0 Å². The van der Waals surface area contributed by atoms with E-state index >= 15 is 0 Å². The third-order valence-electron chi connectivity index (χ3n) is 5.44. The highest BCUT2D eigenvalue weighted by atomic mass is 28.3. The summed E-state index contributed by atoms with van der Waals surface area (Å²) in [7, 11) is -1.08. The van der Waals surface area contributed by atoms with E-state index in [1.54, 1.807) is 0 Å². The maximum absolute atomic E-state index is 13.1. The minimum Gasteiger partial charge on any atom is -0.469 e. The van der Waals surface area contributed by atoms with Crippen molar-refractivity contribution in [1.29, 1.82) is 0 Å². The molecule has 0 saturated heterocycles. The smallest absolute Gasteiger partial charge is 0.309 e. The highest BCUT2D eigenvalue weighted by molar-refractivity contribution is 6.83. The molecule has 4 nitrogen and oxygen atoms in total. The zero-order valence-electron chi connectivity index (χ0n) is 17.5. The molecular weight excluding hydrogens is 360 g/mol. The molecule has 146 valence electrons. The van der Waals surface area contributed by atoms with Crippen LogP contribution in [0.5, 0.6) is 0 Å². The van der Waals surface area contributed by atoms with Crippen molar-refractivity contribution < 1.29 is 19.1 Å². The highest BCUT2D eigenvalue weighted by Crippen LogP contribution is 2.51. The molecule has 0 unspecified atom stereocenters. The van der Waals surface area contributed by atoms with Gasteiger partial charge in [-0.25, -0.2) is 0 Å². The van der Waals surface area contributed by atoms with Gasteiger partial charge in [0.1, 0.15) is 0 Å². The number of rotatable bonds is 8. The summed E-state index contributed by atoms with van der Waals surface area (Å²) in [6.07, 6.45) is 1.08. The lowest BCUT2D eigenvalue weighted by atomic mass is 9.93. The molecule has 26 heavy (non-hydrogen) atoms. The number of carbonyl (C=O) groups excluding carboxylic acids is 2. The van der Waals surface area contributed by atoms with Gasteiger partial charge in [0.05, 0.1) is 40.9 Å². The van der Waals surface area contributed by atoms with Crippen LogP contribution >= 0.6 is 0 Å². The molecule has 0 aliphatic rings. The third-order valence-corrected chi connectivity index (χ3v) is 11.4. The number of benzene rings is 1. The molecule has 2 atom stereocenters. The molecule has 0 amide bonds. The van der Waals surface area contributed by atoms with Crippen LogP contribution in [0, 0.1) is 0 Å². The predicted octanol–water partition coefficient (Wildman–Crippen LogP) is 4.75. The maximum Gasteiger partial charge on any atom is 0.309 e. The summed E-state index contributed by atoms with van der Waals surface area (Å²) in [5.41, 5.74) is 0.849. The van der Waals surface area contributed by atoms with Crippen LogP contribution in [0.15, 0.2) is 30.3 Å². The minimum atomic E-state index is -2.06. The summed E-state index contributed by atoms with van der Waals surface area (Å²) in [6, 6.07) is 10.0. The molecule has 0 radical (unpaired) electrons. The Balaban J connectivity index is 3.51. The first-order valence-corrected chi connectivity index (χ1v) is 16.2. The Bertz CT molecular complexity index is 617. The monoisotopic (exact) mass is 394 g/mol. The van der Waals surface area contributed by atoms with E-state index < -0.39 is 21.2 Å². The topological polar surface area (TPSA) is 52.6 Å². The number of hydrogen-bond acceptors (Lipinski definition) is 4. The lowest BCUT2D eigenvalue weighted by Crippen LogP contribution is -2.51. The zero-order chi connectivity index (χ0) is 20.2. The van der Waals surface area contributed by atoms with Crippen molar-refractivity contribution in [3.8, 4) is 0 Å². The second-order valence-corrected chi connectivity index (χ2v) is 20.0. The number of esters is 2. The number of hydrogen-bond donors (Lipinski definition) is 0. The van der Waals surface area contributed by atoms with Crippen molar-refractivity contribution in [3.63, 3.8) is 0 Å². The van der Waals surface area contributed by atoms with Gasteiger partial charge in [-0.1, -0.05) is 69.6 Å². The van der Waals surface area contributed by atoms with Gasteiger partial charge in [0.2, 0.25) is 0 Å². The van der Waals surface area contributed by atoms with Gasteiger partial charge in [-0.3, -0.25) is 9.59 Å². The first-order chi connectivity index (χ1) is 11.9. The Morgan fingerprint density at radius 1 is 0.962 bits per heavy atom. The lowest BCUT2D eigenvalue weighted by Gasteiger charge is -2.44. The van der Waals surface area contributed by atoms with Crippen LogP contribution in [0.1, 0.15) is 12.0 Å². The zero-order valence-corrected chi connectivity index (χ0v) is 19.5. The molecule has 0 spiro atoms. The molecule has 0 aromatic heterocycles. The van der Waals surface area contributed by atoms with Crippen molar-refractivity contribution in [1.82, 2.24) is 0 Å². The van der Waals surface area contributed by atoms with Crippen LogP contribution in [0.3, 0.4) is 0 Å². The van der Waals surface area contributed by atoms with Crippen molar-refractivity contribution in [2.24, 2.45) is 0 Å². The molecule has 1 rings (SSSR count). The minimum absolute atomic E-state index is 0.201. The van der Waals surface area contributed by atoms with E-state index in [2.05, 4.69) is 39.3 Å². The van der Waals surface area contributed by atoms with Crippen molar-refractivity contribution in [3.05, 3.63) is 35.9 Å². The van der Waals surface area contributed by atoms with Gasteiger partial charge in [-0.05, 0) is 18.4 Å². The Morgan fingerprint density at radius 3 is 1.88 bits per heavy atom. The Morgan fingerprint density at radius 2 is 1.50 bits per heavy atom. The lowest BCUT2D eigenvalue weighted by molar-refractivity contribution is -0.146. The molecule has 0 fully saturated rings. The van der Waals surface area contributed by atoms with Gasteiger partial charge < -0.3 is 9.47 Å². The van der Waals surface area contributed by atoms with Crippen LogP contribution in [-0.4, -0.2) is 42.3 Å². The summed E-state index contributed by atoms with van der Waals surface area (Å²) in [6.45, 7) is 13.0. The number of methoxy groups -OCH3 is 2. The van der Waals surface area contributed by atoms with Gasteiger partial charge in [0, 0.05) is 0 Å². The standard InChI is InChI=1S/C20H34O4Si2/c1-23-18(21)17(25(3,4)5)15-20(19(22)24-2,26(6,7)8)14-16-12-10-9-11-13-16/h9-13,17H,14-15H2,1-8H3/t17-,20+/m1/s1. The van der Waals surface area contributed by atoms with Crippen LogP contribution in [0.2, 0.25) is 49.9 Å². The van der Waals surface area contributed by atoms with Gasteiger partial charge in [-0.15, -0.1) is 0 Å². The Hall–Kier alpha value is -1.41. The van der Waals surface area contributed by atoms with E-state index in [0.29, 0.717) is 12.8 Å². The maximum atomic E-state index is 13.1. The largest absolute Gasteiger partial charge is 0.469 e. The average Bonchev–Trinajstić information content (AvgIpc) is 2.55. The molecular formula is C20H34O4Si2. The molecule has 1 aromatic carbocycles. The van der Waals surface area contributed by atoms with Gasteiger partial charge in [0.15, 0.2) is 0 Å². The molecule has 1 aromatic rings. The summed E-state index contributed by atoms with van der Waals surface area (Å²) < 4.78 is 10.4. The molecule has 0 aliphatic heterocycles. The van der Waals surface area contributed by atoms with E-state index in [4.69, 9.17) is 9.47 Å². The first-order valence-electron chi connectivity index (χ1n) is 9.09. The van der Waals surface area contributed by atoms with E-state index in [1.807, 2.05) is 30.3 Å². The first kappa shape index (κ1) is 22.6. The van der Waals surface area contributed by atoms with Crippen LogP contribution < -0.4 is 0 Å². The average molecular weight is 395 g/mol. The quantitative estimate of drug-likeness (QED) is 0.471. The molecule has 0 aliphatic carbocycles. The van der Waals surface area contributed by atoms with Crippen LogP contribution in [-0.2, 0) is 25.5 Å². The van der Waals surface area contributed by atoms with Crippen molar-refractivity contribution >= 4 is 28.1 Å². The summed E-state index contributed by atoms with van der Waals surface area (Å²) in [4.78, 5) is 25.7. The van der Waals surface area contributed by atoms with Gasteiger partial charge in [0.25, 0.3) is 0 Å². The van der Waals surface area contributed by atoms with Crippen molar-refractivity contribution in [2.45, 2.75) is 62.7 Å². The molecule has 0 heterocycles. The third kappa shape index (κ3) is 5.07. The molecule has 6 heteroatoms. The molecule has 0 N–H and O–H groups in total. The second-order valence-electron chi connectivity index (χ2n) is 9.13. The van der Waals surface area contributed by atoms with Crippen LogP contribution in [0.4, 0.5) is 0 Å². The Kier molecular flexibility index (Phi) is 7.42.